The molecule has 1 aliphatic heterocycles. The van der Waals surface area contributed by atoms with E-state index >= 15 is 0 Å². The van der Waals surface area contributed by atoms with Gasteiger partial charge in [-0.2, -0.15) is 4.98 Å². The van der Waals surface area contributed by atoms with E-state index in [-0.39, 0.29) is 6.10 Å². The molecule has 1 aromatic rings. The van der Waals surface area contributed by atoms with Gasteiger partial charge < -0.3 is 14.9 Å². The molecule has 5 heteroatoms. The molecule has 0 aliphatic carbocycles. The van der Waals surface area contributed by atoms with Crippen molar-refractivity contribution < 1.29 is 5.11 Å². The van der Waals surface area contributed by atoms with Crippen LogP contribution in [0.4, 0.5) is 11.8 Å². The zero-order chi connectivity index (χ0) is 10.1. The molecule has 1 aromatic heterocycles. The average Bonchev–Trinajstić information content (AvgIpc) is 2.13. The summed E-state index contributed by atoms with van der Waals surface area (Å²) in [5.41, 5.74) is 0. The lowest BCUT2D eigenvalue weighted by atomic mass is 10.2. The molecule has 0 radical (unpaired) electrons. The van der Waals surface area contributed by atoms with E-state index in [4.69, 9.17) is 5.11 Å². The van der Waals surface area contributed by atoms with Gasteiger partial charge in [0.1, 0.15) is 5.82 Å². The van der Waals surface area contributed by atoms with Crippen LogP contribution in [0, 0.1) is 0 Å². The van der Waals surface area contributed by atoms with Crippen LogP contribution in [0.3, 0.4) is 0 Å². The van der Waals surface area contributed by atoms with E-state index in [0.717, 1.165) is 5.82 Å². The van der Waals surface area contributed by atoms with E-state index in [1.165, 1.54) is 0 Å². The Kier molecular flexibility index (Phi) is 2.25. The third-order valence-electron chi connectivity index (χ3n) is 2.23. The Morgan fingerprint density at radius 2 is 2.21 bits per heavy atom. The molecule has 0 unspecified atom stereocenters. The van der Waals surface area contributed by atoms with Gasteiger partial charge in [-0.3, -0.25) is 0 Å². The van der Waals surface area contributed by atoms with Gasteiger partial charge in [0.2, 0.25) is 5.95 Å². The third-order valence-corrected chi connectivity index (χ3v) is 2.23. The zero-order valence-electron chi connectivity index (χ0n) is 8.38. The van der Waals surface area contributed by atoms with Crippen molar-refractivity contribution in [2.75, 3.05) is 37.0 Å². The molecule has 0 saturated carbocycles. The summed E-state index contributed by atoms with van der Waals surface area (Å²) in [7, 11) is 3.88. The first-order valence-corrected chi connectivity index (χ1v) is 4.60. The van der Waals surface area contributed by atoms with E-state index < -0.39 is 0 Å². The van der Waals surface area contributed by atoms with Gasteiger partial charge in [0.05, 0.1) is 6.10 Å². The Morgan fingerprint density at radius 1 is 1.50 bits per heavy atom. The summed E-state index contributed by atoms with van der Waals surface area (Å²) in [6.45, 7) is 1.27. The fraction of sp³-hybridized carbons (Fsp3) is 0.556. The molecule has 0 aromatic carbocycles. The summed E-state index contributed by atoms with van der Waals surface area (Å²) in [5.74, 6) is 1.58. The lowest BCUT2D eigenvalue weighted by Crippen LogP contribution is -2.51. The quantitative estimate of drug-likeness (QED) is 0.702. The number of nitrogens with zero attached hydrogens (tertiary/aromatic N) is 4. The Balaban J connectivity index is 2.14. The first kappa shape index (κ1) is 9.21. The maximum Gasteiger partial charge on any atom is 0.227 e. The molecule has 0 spiro atoms. The Bertz CT molecular complexity index is 322. The van der Waals surface area contributed by atoms with Crippen LogP contribution in [-0.2, 0) is 0 Å². The number of hydrogen-bond donors (Lipinski definition) is 1. The highest BCUT2D eigenvalue weighted by atomic mass is 16.3. The van der Waals surface area contributed by atoms with Crippen molar-refractivity contribution in [3.05, 3.63) is 12.3 Å². The highest BCUT2D eigenvalue weighted by Crippen LogP contribution is 2.18. The van der Waals surface area contributed by atoms with Gasteiger partial charge in [0, 0.05) is 33.4 Å². The van der Waals surface area contributed by atoms with Crippen LogP contribution >= 0.6 is 0 Å². The SMILES string of the molecule is CN(C)c1ccnc(N2CC(O)C2)n1. The minimum atomic E-state index is -0.221. The fourth-order valence-corrected chi connectivity index (χ4v) is 1.36. The molecule has 0 amide bonds. The van der Waals surface area contributed by atoms with Crippen LogP contribution in [0.25, 0.3) is 0 Å². The van der Waals surface area contributed by atoms with Gasteiger partial charge in [-0.1, -0.05) is 0 Å². The minimum absolute atomic E-state index is 0.221. The van der Waals surface area contributed by atoms with Crippen LogP contribution < -0.4 is 9.80 Å². The third kappa shape index (κ3) is 1.63. The molecule has 1 saturated heterocycles. The van der Waals surface area contributed by atoms with E-state index in [9.17, 15) is 0 Å². The first-order chi connectivity index (χ1) is 6.66. The highest BCUT2D eigenvalue weighted by molar-refractivity contribution is 5.44. The summed E-state index contributed by atoms with van der Waals surface area (Å²) in [4.78, 5) is 12.4. The molecule has 0 atom stereocenters. The van der Waals surface area contributed by atoms with Crippen molar-refractivity contribution in [1.29, 1.82) is 0 Å². The van der Waals surface area contributed by atoms with Gasteiger partial charge >= 0.3 is 0 Å². The normalized spacial score (nSPS) is 16.6. The number of aromatic nitrogens is 2. The number of aliphatic hydroxyl groups is 1. The maximum atomic E-state index is 9.15. The van der Waals surface area contributed by atoms with Crippen molar-refractivity contribution in [3.8, 4) is 0 Å². The predicted octanol–water partition coefficient (Wildman–Crippen LogP) is -0.277. The predicted molar refractivity (Wildman–Crippen MR) is 54.6 cm³/mol. The molecular formula is C9H14N4O. The van der Waals surface area contributed by atoms with E-state index in [2.05, 4.69) is 9.97 Å². The van der Waals surface area contributed by atoms with Crippen LogP contribution in [-0.4, -0.2) is 48.4 Å². The summed E-state index contributed by atoms with van der Waals surface area (Å²) in [6, 6.07) is 1.86. The van der Waals surface area contributed by atoms with E-state index in [1.807, 2.05) is 30.0 Å². The molecule has 14 heavy (non-hydrogen) atoms. The lowest BCUT2D eigenvalue weighted by Gasteiger charge is -2.35. The van der Waals surface area contributed by atoms with Crippen molar-refractivity contribution in [1.82, 2.24) is 9.97 Å². The van der Waals surface area contributed by atoms with Gasteiger partial charge in [0.15, 0.2) is 0 Å². The number of anilines is 2. The van der Waals surface area contributed by atoms with Crippen LogP contribution in [0.5, 0.6) is 0 Å². The second kappa shape index (κ2) is 3.42. The smallest absolute Gasteiger partial charge is 0.227 e. The van der Waals surface area contributed by atoms with Crippen molar-refractivity contribution >= 4 is 11.8 Å². The number of β-amino-alcohol motifs (C(OH)–C–C–N with tert-alkyl or cyclic N) is 1. The molecule has 5 nitrogen and oxygen atoms in total. The van der Waals surface area contributed by atoms with Crippen molar-refractivity contribution in [2.24, 2.45) is 0 Å². The summed E-state index contributed by atoms with van der Waals surface area (Å²) in [5, 5.41) is 9.15. The topological polar surface area (TPSA) is 52.5 Å². The summed E-state index contributed by atoms with van der Waals surface area (Å²) < 4.78 is 0. The Labute approximate surface area is 83.0 Å². The summed E-state index contributed by atoms with van der Waals surface area (Å²) >= 11 is 0. The number of rotatable bonds is 2. The fourth-order valence-electron chi connectivity index (χ4n) is 1.36. The summed E-state index contributed by atoms with van der Waals surface area (Å²) in [6.07, 6.45) is 1.52. The number of hydrogen-bond acceptors (Lipinski definition) is 5. The Hall–Kier alpha value is -1.36. The number of aliphatic hydroxyl groups excluding tert-OH is 1. The Morgan fingerprint density at radius 3 is 2.79 bits per heavy atom. The molecule has 1 fully saturated rings. The van der Waals surface area contributed by atoms with Crippen LogP contribution in [0.2, 0.25) is 0 Å². The molecule has 1 N–H and O–H groups in total. The maximum absolute atomic E-state index is 9.15. The van der Waals surface area contributed by atoms with Crippen molar-refractivity contribution in [2.45, 2.75) is 6.10 Å². The van der Waals surface area contributed by atoms with Gasteiger partial charge in [-0.15, -0.1) is 0 Å². The molecular weight excluding hydrogens is 180 g/mol. The molecule has 0 bridgehead atoms. The van der Waals surface area contributed by atoms with Gasteiger partial charge in [-0.25, -0.2) is 4.98 Å². The van der Waals surface area contributed by atoms with E-state index in [0.29, 0.717) is 19.0 Å². The molecule has 2 heterocycles. The minimum Gasteiger partial charge on any atom is -0.389 e. The lowest BCUT2D eigenvalue weighted by molar-refractivity contribution is 0.140. The highest BCUT2D eigenvalue weighted by Gasteiger charge is 2.26. The van der Waals surface area contributed by atoms with E-state index in [1.54, 1.807) is 6.20 Å². The second-order valence-electron chi connectivity index (χ2n) is 3.67. The molecule has 76 valence electrons. The largest absolute Gasteiger partial charge is 0.389 e. The van der Waals surface area contributed by atoms with Gasteiger partial charge in [0.25, 0.3) is 0 Å². The zero-order valence-corrected chi connectivity index (χ0v) is 8.38. The van der Waals surface area contributed by atoms with Crippen molar-refractivity contribution in [3.63, 3.8) is 0 Å². The average molecular weight is 194 g/mol. The standard InChI is InChI=1S/C9H14N4O/c1-12(2)8-3-4-10-9(11-8)13-5-7(14)6-13/h3-4,7,14H,5-6H2,1-2H3. The second-order valence-corrected chi connectivity index (χ2v) is 3.67. The van der Waals surface area contributed by atoms with Gasteiger partial charge in [-0.05, 0) is 6.07 Å². The molecule has 2 rings (SSSR count). The monoisotopic (exact) mass is 194 g/mol. The molecule has 1 aliphatic rings. The van der Waals surface area contributed by atoms with Crippen LogP contribution in [0.1, 0.15) is 0 Å². The first-order valence-electron chi connectivity index (χ1n) is 4.60. The van der Waals surface area contributed by atoms with Crippen LogP contribution in [0.15, 0.2) is 12.3 Å².